The molecule has 0 spiro atoms. The third kappa shape index (κ3) is 3.52. The van der Waals surface area contributed by atoms with Crippen LogP contribution in [0.4, 0.5) is 0 Å². The number of rotatable bonds is 6. The summed E-state index contributed by atoms with van der Waals surface area (Å²) < 4.78 is 10.5. The number of ether oxygens (including phenoxy) is 1. The minimum atomic E-state index is 0.408. The van der Waals surface area contributed by atoms with Crippen molar-refractivity contribution in [1.82, 2.24) is 5.32 Å². The zero-order valence-electron chi connectivity index (χ0n) is 9.17. The molecule has 0 unspecified atom stereocenters. The fourth-order valence-corrected chi connectivity index (χ4v) is 1.35. The molecule has 0 aliphatic rings. The summed E-state index contributed by atoms with van der Waals surface area (Å²) in [5.41, 5.74) is 0. The summed E-state index contributed by atoms with van der Waals surface area (Å²) in [4.78, 5) is 0. The lowest BCUT2D eigenvalue weighted by Gasteiger charge is -2.14. The van der Waals surface area contributed by atoms with Crippen molar-refractivity contribution >= 4 is 0 Å². The summed E-state index contributed by atoms with van der Waals surface area (Å²) in [5.74, 6) is 1.94. The van der Waals surface area contributed by atoms with Crippen molar-refractivity contribution in [1.29, 1.82) is 0 Å². The molecule has 1 N–H and O–H groups in total. The van der Waals surface area contributed by atoms with E-state index in [-0.39, 0.29) is 0 Å². The standard InChI is InChI=1S/C11H19NO2/c1-4-10(8-13-3)12-7-11-6-5-9(2)14-11/h5-6,10,12H,4,7-8H2,1-3H3/t10-/m1/s1. The molecule has 0 amide bonds. The molecule has 0 aliphatic heterocycles. The Morgan fingerprint density at radius 1 is 1.50 bits per heavy atom. The lowest BCUT2D eigenvalue weighted by atomic mass is 10.2. The van der Waals surface area contributed by atoms with E-state index in [1.54, 1.807) is 7.11 Å². The molecule has 1 aromatic heterocycles. The number of furan rings is 1. The summed E-state index contributed by atoms with van der Waals surface area (Å²) >= 11 is 0. The van der Waals surface area contributed by atoms with Gasteiger partial charge in [-0.05, 0) is 25.5 Å². The molecule has 0 aliphatic carbocycles. The molecule has 0 fully saturated rings. The van der Waals surface area contributed by atoms with Crippen LogP contribution in [-0.2, 0) is 11.3 Å². The van der Waals surface area contributed by atoms with Gasteiger partial charge in [0.05, 0.1) is 13.2 Å². The van der Waals surface area contributed by atoms with E-state index < -0.39 is 0 Å². The number of aryl methyl sites for hydroxylation is 1. The molecule has 1 atom stereocenters. The molecule has 0 bridgehead atoms. The second kappa shape index (κ2) is 5.83. The van der Waals surface area contributed by atoms with Crippen molar-refractivity contribution in [2.75, 3.05) is 13.7 Å². The number of hydrogen-bond acceptors (Lipinski definition) is 3. The predicted molar refractivity (Wildman–Crippen MR) is 56.2 cm³/mol. The quantitative estimate of drug-likeness (QED) is 0.758. The second-order valence-electron chi connectivity index (χ2n) is 3.45. The van der Waals surface area contributed by atoms with Crippen molar-refractivity contribution in [3.63, 3.8) is 0 Å². The average molecular weight is 197 g/mol. The Morgan fingerprint density at radius 3 is 2.79 bits per heavy atom. The highest BCUT2D eigenvalue weighted by atomic mass is 16.5. The van der Waals surface area contributed by atoms with Crippen LogP contribution in [0.15, 0.2) is 16.5 Å². The fraction of sp³-hybridized carbons (Fsp3) is 0.636. The van der Waals surface area contributed by atoms with Crippen LogP contribution in [-0.4, -0.2) is 19.8 Å². The lowest BCUT2D eigenvalue weighted by molar-refractivity contribution is 0.162. The molecular formula is C11H19NO2. The van der Waals surface area contributed by atoms with Gasteiger partial charge in [0.1, 0.15) is 11.5 Å². The van der Waals surface area contributed by atoms with Crippen molar-refractivity contribution in [3.05, 3.63) is 23.7 Å². The van der Waals surface area contributed by atoms with Crippen LogP contribution in [0, 0.1) is 6.92 Å². The maximum Gasteiger partial charge on any atom is 0.117 e. The van der Waals surface area contributed by atoms with Gasteiger partial charge in [0.15, 0.2) is 0 Å². The first-order valence-electron chi connectivity index (χ1n) is 5.04. The molecule has 1 rings (SSSR count). The average Bonchev–Trinajstić information content (AvgIpc) is 2.59. The van der Waals surface area contributed by atoms with Crippen molar-refractivity contribution in [2.45, 2.75) is 32.9 Å². The van der Waals surface area contributed by atoms with Crippen molar-refractivity contribution < 1.29 is 9.15 Å². The third-order valence-electron chi connectivity index (χ3n) is 2.22. The van der Waals surface area contributed by atoms with E-state index in [0.29, 0.717) is 6.04 Å². The summed E-state index contributed by atoms with van der Waals surface area (Å²) in [5, 5.41) is 3.38. The highest BCUT2D eigenvalue weighted by Crippen LogP contribution is 2.06. The molecule has 1 heterocycles. The van der Waals surface area contributed by atoms with Gasteiger partial charge in [0, 0.05) is 13.2 Å². The van der Waals surface area contributed by atoms with E-state index >= 15 is 0 Å². The first-order valence-corrected chi connectivity index (χ1v) is 5.04. The minimum Gasteiger partial charge on any atom is -0.465 e. The van der Waals surface area contributed by atoms with Gasteiger partial charge in [-0.15, -0.1) is 0 Å². The molecule has 0 saturated heterocycles. The smallest absolute Gasteiger partial charge is 0.117 e. The van der Waals surface area contributed by atoms with E-state index in [9.17, 15) is 0 Å². The van der Waals surface area contributed by atoms with Gasteiger partial charge in [0.2, 0.25) is 0 Å². The van der Waals surface area contributed by atoms with E-state index in [4.69, 9.17) is 9.15 Å². The molecule has 0 radical (unpaired) electrons. The van der Waals surface area contributed by atoms with Crippen LogP contribution >= 0.6 is 0 Å². The van der Waals surface area contributed by atoms with Crippen LogP contribution in [0.2, 0.25) is 0 Å². The predicted octanol–water partition coefficient (Wildman–Crippen LogP) is 2.10. The maximum atomic E-state index is 5.45. The molecular weight excluding hydrogens is 178 g/mol. The Morgan fingerprint density at radius 2 is 2.29 bits per heavy atom. The van der Waals surface area contributed by atoms with Crippen LogP contribution in [0.1, 0.15) is 24.9 Å². The largest absolute Gasteiger partial charge is 0.465 e. The minimum absolute atomic E-state index is 0.408. The summed E-state index contributed by atoms with van der Waals surface area (Å²) in [6, 6.07) is 4.39. The summed E-state index contributed by atoms with van der Waals surface area (Å²) in [7, 11) is 1.72. The molecule has 0 saturated carbocycles. The summed E-state index contributed by atoms with van der Waals surface area (Å²) in [6.07, 6.45) is 1.06. The molecule has 14 heavy (non-hydrogen) atoms. The zero-order valence-corrected chi connectivity index (χ0v) is 9.17. The van der Waals surface area contributed by atoms with Gasteiger partial charge in [0.25, 0.3) is 0 Å². The number of nitrogens with one attached hydrogen (secondary N) is 1. The maximum absolute atomic E-state index is 5.45. The Balaban J connectivity index is 2.31. The Kier molecular flexibility index (Phi) is 4.70. The first-order chi connectivity index (χ1) is 6.76. The highest BCUT2D eigenvalue weighted by molar-refractivity contribution is 5.05. The van der Waals surface area contributed by atoms with Crippen LogP contribution in [0.25, 0.3) is 0 Å². The molecule has 3 nitrogen and oxygen atoms in total. The molecule has 80 valence electrons. The number of hydrogen-bond donors (Lipinski definition) is 1. The van der Waals surface area contributed by atoms with Crippen LogP contribution < -0.4 is 5.32 Å². The van der Waals surface area contributed by atoms with Crippen LogP contribution in [0.3, 0.4) is 0 Å². The van der Waals surface area contributed by atoms with Crippen LogP contribution in [0.5, 0.6) is 0 Å². The van der Waals surface area contributed by atoms with E-state index in [0.717, 1.165) is 31.1 Å². The SMILES string of the molecule is CC[C@H](COC)NCc1ccc(C)o1. The number of methoxy groups -OCH3 is 1. The van der Waals surface area contributed by atoms with E-state index in [1.807, 2.05) is 19.1 Å². The van der Waals surface area contributed by atoms with Gasteiger partial charge in [-0.3, -0.25) is 0 Å². The van der Waals surface area contributed by atoms with Gasteiger partial charge in [-0.2, -0.15) is 0 Å². The zero-order chi connectivity index (χ0) is 10.4. The lowest BCUT2D eigenvalue weighted by Crippen LogP contribution is -2.31. The first kappa shape index (κ1) is 11.3. The molecule has 1 aromatic rings. The Hall–Kier alpha value is -0.800. The van der Waals surface area contributed by atoms with Gasteiger partial charge < -0.3 is 14.5 Å². The van der Waals surface area contributed by atoms with Crippen molar-refractivity contribution in [3.8, 4) is 0 Å². The fourth-order valence-electron chi connectivity index (χ4n) is 1.35. The highest BCUT2D eigenvalue weighted by Gasteiger charge is 2.05. The van der Waals surface area contributed by atoms with Crippen molar-refractivity contribution in [2.24, 2.45) is 0 Å². The Labute approximate surface area is 85.4 Å². The van der Waals surface area contributed by atoms with Gasteiger partial charge >= 0.3 is 0 Å². The normalized spacial score (nSPS) is 13.1. The molecule has 3 heteroatoms. The molecule has 0 aromatic carbocycles. The Bertz CT molecular complexity index is 258. The third-order valence-corrected chi connectivity index (χ3v) is 2.22. The summed E-state index contributed by atoms with van der Waals surface area (Å²) in [6.45, 7) is 5.62. The van der Waals surface area contributed by atoms with E-state index in [1.165, 1.54) is 0 Å². The monoisotopic (exact) mass is 197 g/mol. The van der Waals surface area contributed by atoms with E-state index in [2.05, 4.69) is 12.2 Å². The topological polar surface area (TPSA) is 34.4 Å². The van der Waals surface area contributed by atoms with Gasteiger partial charge in [-0.25, -0.2) is 0 Å². The second-order valence-corrected chi connectivity index (χ2v) is 3.45. The van der Waals surface area contributed by atoms with Gasteiger partial charge in [-0.1, -0.05) is 6.92 Å².